The molecule has 4 rings (SSSR count). The summed E-state index contributed by atoms with van der Waals surface area (Å²) in [6.45, 7) is 6.24. The summed E-state index contributed by atoms with van der Waals surface area (Å²) in [5, 5.41) is 3.08. The van der Waals surface area contributed by atoms with E-state index in [1.807, 2.05) is 12.1 Å². The van der Waals surface area contributed by atoms with E-state index in [9.17, 15) is 4.79 Å². The lowest BCUT2D eigenvalue weighted by Gasteiger charge is -2.28. The molecule has 2 aromatic carbocycles. The van der Waals surface area contributed by atoms with Crippen LogP contribution in [0.4, 0.5) is 5.69 Å². The van der Waals surface area contributed by atoms with Crippen LogP contribution in [0.25, 0.3) is 0 Å². The number of nitrogens with one attached hydrogen (secondary N) is 1. The van der Waals surface area contributed by atoms with Crippen molar-refractivity contribution < 1.29 is 4.79 Å². The Hall–Kier alpha value is -2.33. The van der Waals surface area contributed by atoms with Crippen LogP contribution in [0.1, 0.15) is 60.0 Å². The fourth-order valence-electron chi connectivity index (χ4n) is 4.47. The molecule has 2 aliphatic heterocycles. The smallest absolute Gasteiger partial charge is 0.251 e. The Morgan fingerprint density at radius 2 is 1.45 bits per heavy atom. The van der Waals surface area contributed by atoms with Gasteiger partial charge in [0.05, 0.1) is 0 Å². The third-order valence-corrected chi connectivity index (χ3v) is 6.15. The summed E-state index contributed by atoms with van der Waals surface area (Å²) < 4.78 is 0. The van der Waals surface area contributed by atoms with E-state index in [0.29, 0.717) is 6.54 Å². The Labute approximate surface area is 174 Å². The van der Waals surface area contributed by atoms with Crippen LogP contribution in [0.2, 0.25) is 0 Å². The standard InChI is InChI=1S/C25H33N3O/c29-25(23-10-12-24(13-11-23)28-16-5-2-6-17-28)26-19-21-8-7-9-22(18-21)20-27-14-3-1-4-15-27/h7-13,18H,1-6,14-17,19-20H2,(H,26,29). The van der Waals surface area contributed by atoms with Gasteiger partial charge in [0.25, 0.3) is 5.91 Å². The maximum absolute atomic E-state index is 12.6. The predicted octanol–water partition coefficient (Wildman–Crippen LogP) is 4.59. The van der Waals surface area contributed by atoms with Crippen LogP contribution in [-0.4, -0.2) is 37.0 Å². The molecule has 0 bridgehead atoms. The van der Waals surface area contributed by atoms with Crippen LogP contribution >= 0.6 is 0 Å². The van der Waals surface area contributed by atoms with Gasteiger partial charge in [-0.2, -0.15) is 0 Å². The van der Waals surface area contributed by atoms with E-state index in [-0.39, 0.29) is 5.91 Å². The van der Waals surface area contributed by atoms with Gasteiger partial charge >= 0.3 is 0 Å². The predicted molar refractivity (Wildman–Crippen MR) is 119 cm³/mol. The molecule has 0 aromatic heterocycles. The topological polar surface area (TPSA) is 35.6 Å². The number of anilines is 1. The first kappa shape index (κ1) is 20.0. The maximum atomic E-state index is 12.6. The lowest BCUT2D eigenvalue weighted by molar-refractivity contribution is 0.0951. The molecule has 2 aromatic rings. The molecule has 0 atom stereocenters. The summed E-state index contributed by atoms with van der Waals surface area (Å²) in [7, 11) is 0. The van der Waals surface area contributed by atoms with E-state index in [2.05, 4.69) is 51.5 Å². The van der Waals surface area contributed by atoms with Gasteiger partial charge in [-0.1, -0.05) is 30.7 Å². The van der Waals surface area contributed by atoms with Crippen molar-refractivity contribution in [1.29, 1.82) is 0 Å². The molecule has 0 radical (unpaired) electrons. The van der Waals surface area contributed by atoms with E-state index in [0.717, 1.165) is 30.8 Å². The van der Waals surface area contributed by atoms with Crippen LogP contribution in [0.5, 0.6) is 0 Å². The molecule has 0 unspecified atom stereocenters. The summed E-state index contributed by atoms with van der Waals surface area (Å²) in [4.78, 5) is 17.5. The highest BCUT2D eigenvalue weighted by molar-refractivity contribution is 5.94. The van der Waals surface area contributed by atoms with Crippen LogP contribution < -0.4 is 10.2 Å². The minimum absolute atomic E-state index is 0.00312. The number of benzene rings is 2. The molecular formula is C25H33N3O. The van der Waals surface area contributed by atoms with Gasteiger partial charge in [-0.15, -0.1) is 0 Å². The number of carbonyl (C=O) groups is 1. The fraction of sp³-hybridized carbons (Fsp3) is 0.480. The van der Waals surface area contributed by atoms with E-state index in [1.165, 1.54) is 62.9 Å². The van der Waals surface area contributed by atoms with E-state index in [1.54, 1.807) is 0 Å². The van der Waals surface area contributed by atoms with Crippen LogP contribution in [0, 0.1) is 0 Å². The third kappa shape index (κ3) is 5.60. The number of piperidine rings is 2. The van der Waals surface area contributed by atoms with Crippen molar-refractivity contribution in [2.75, 3.05) is 31.1 Å². The molecule has 4 heteroatoms. The van der Waals surface area contributed by atoms with Crippen LogP contribution in [0.15, 0.2) is 48.5 Å². The summed E-state index contributed by atoms with van der Waals surface area (Å²) >= 11 is 0. The molecule has 2 fully saturated rings. The summed E-state index contributed by atoms with van der Waals surface area (Å²) in [5.74, 6) is -0.00312. The van der Waals surface area contributed by atoms with Crippen molar-refractivity contribution >= 4 is 11.6 Å². The lowest BCUT2D eigenvalue weighted by Crippen LogP contribution is -2.29. The highest BCUT2D eigenvalue weighted by atomic mass is 16.1. The number of carbonyl (C=O) groups excluding carboxylic acids is 1. The first-order chi connectivity index (χ1) is 14.3. The van der Waals surface area contributed by atoms with Crippen molar-refractivity contribution in [2.24, 2.45) is 0 Å². The average molecular weight is 392 g/mol. The Kier molecular flexibility index (Phi) is 6.83. The van der Waals surface area contributed by atoms with Crippen molar-refractivity contribution in [3.05, 3.63) is 65.2 Å². The molecule has 4 nitrogen and oxygen atoms in total. The Bertz CT molecular complexity index is 790. The lowest BCUT2D eigenvalue weighted by atomic mass is 10.1. The number of hydrogen-bond acceptors (Lipinski definition) is 3. The van der Waals surface area contributed by atoms with Gasteiger partial charge in [0.15, 0.2) is 0 Å². The monoisotopic (exact) mass is 391 g/mol. The molecule has 2 heterocycles. The largest absolute Gasteiger partial charge is 0.372 e. The Morgan fingerprint density at radius 3 is 2.17 bits per heavy atom. The summed E-state index contributed by atoms with van der Waals surface area (Å²) in [6, 6.07) is 16.7. The van der Waals surface area contributed by atoms with E-state index >= 15 is 0 Å². The molecule has 29 heavy (non-hydrogen) atoms. The number of hydrogen-bond donors (Lipinski definition) is 1. The molecule has 1 amide bonds. The molecule has 0 aliphatic carbocycles. The minimum Gasteiger partial charge on any atom is -0.372 e. The second-order valence-electron chi connectivity index (χ2n) is 8.43. The van der Waals surface area contributed by atoms with Crippen molar-refractivity contribution in [1.82, 2.24) is 10.2 Å². The van der Waals surface area contributed by atoms with Gasteiger partial charge in [0.1, 0.15) is 0 Å². The normalized spacial score (nSPS) is 17.9. The second kappa shape index (κ2) is 9.93. The first-order valence-electron chi connectivity index (χ1n) is 11.2. The summed E-state index contributed by atoms with van der Waals surface area (Å²) in [5.41, 5.74) is 4.46. The molecule has 2 saturated heterocycles. The Morgan fingerprint density at radius 1 is 0.793 bits per heavy atom. The van der Waals surface area contributed by atoms with E-state index < -0.39 is 0 Å². The first-order valence-corrected chi connectivity index (χ1v) is 11.2. The minimum atomic E-state index is -0.00312. The van der Waals surface area contributed by atoms with Crippen molar-refractivity contribution in [3.8, 4) is 0 Å². The van der Waals surface area contributed by atoms with Crippen LogP contribution in [0.3, 0.4) is 0 Å². The Balaban J connectivity index is 1.30. The molecule has 154 valence electrons. The van der Waals surface area contributed by atoms with Crippen molar-refractivity contribution in [2.45, 2.75) is 51.6 Å². The third-order valence-electron chi connectivity index (χ3n) is 6.15. The average Bonchev–Trinajstić information content (AvgIpc) is 2.79. The SMILES string of the molecule is O=C(NCc1cccc(CN2CCCCC2)c1)c1ccc(N2CCCCC2)cc1. The zero-order valence-corrected chi connectivity index (χ0v) is 17.4. The van der Waals surface area contributed by atoms with Crippen LogP contribution in [-0.2, 0) is 13.1 Å². The number of rotatable bonds is 6. The zero-order valence-electron chi connectivity index (χ0n) is 17.4. The number of amides is 1. The number of likely N-dealkylation sites (tertiary alicyclic amines) is 1. The highest BCUT2D eigenvalue weighted by Crippen LogP contribution is 2.20. The molecule has 0 saturated carbocycles. The van der Waals surface area contributed by atoms with Gasteiger partial charge in [0.2, 0.25) is 0 Å². The molecule has 2 aliphatic rings. The zero-order chi connectivity index (χ0) is 19.9. The van der Waals surface area contributed by atoms with Gasteiger partial charge in [-0.3, -0.25) is 9.69 Å². The highest BCUT2D eigenvalue weighted by Gasteiger charge is 2.13. The van der Waals surface area contributed by atoms with Gasteiger partial charge in [0, 0.05) is 37.4 Å². The molecular weight excluding hydrogens is 358 g/mol. The van der Waals surface area contributed by atoms with Crippen molar-refractivity contribution in [3.63, 3.8) is 0 Å². The van der Waals surface area contributed by atoms with Gasteiger partial charge in [-0.25, -0.2) is 0 Å². The molecule has 0 spiro atoms. The van der Waals surface area contributed by atoms with Gasteiger partial charge in [-0.05, 0) is 80.6 Å². The number of nitrogens with zero attached hydrogens (tertiary/aromatic N) is 2. The fourth-order valence-corrected chi connectivity index (χ4v) is 4.47. The molecule has 1 N–H and O–H groups in total. The maximum Gasteiger partial charge on any atom is 0.251 e. The second-order valence-corrected chi connectivity index (χ2v) is 8.43. The van der Waals surface area contributed by atoms with Gasteiger partial charge < -0.3 is 10.2 Å². The van der Waals surface area contributed by atoms with E-state index in [4.69, 9.17) is 0 Å². The summed E-state index contributed by atoms with van der Waals surface area (Å²) in [6.07, 6.45) is 7.84. The quantitative estimate of drug-likeness (QED) is 0.782.